The van der Waals surface area contributed by atoms with Gasteiger partial charge in [-0.2, -0.15) is 4.98 Å². The Morgan fingerprint density at radius 1 is 1.05 bits per heavy atom. The normalized spacial score (nSPS) is 10.7. The van der Waals surface area contributed by atoms with Crippen LogP contribution < -0.4 is 5.73 Å². The average molecular weight is 377 g/mol. The van der Waals surface area contributed by atoms with E-state index in [0.717, 1.165) is 25.9 Å². The van der Waals surface area contributed by atoms with Gasteiger partial charge in [0, 0.05) is 14.8 Å². The molecule has 0 saturated heterocycles. The molecule has 0 spiro atoms. The number of nitrogens with two attached hydrogens (primary N) is 1. The van der Waals surface area contributed by atoms with E-state index in [-0.39, 0.29) is 0 Å². The highest BCUT2D eigenvalue weighted by Gasteiger charge is 2.14. The molecular weight excluding hydrogens is 365 g/mol. The van der Waals surface area contributed by atoms with Crippen LogP contribution in [-0.2, 0) is 0 Å². The van der Waals surface area contributed by atoms with Gasteiger partial charge in [0.05, 0.1) is 5.56 Å². The van der Waals surface area contributed by atoms with E-state index in [1.165, 1.54) is 0 Å². The van der Waals surface area contributed by atoms with E-state index in [0.29, 0.717) is 11.7 Å². The van der Waals surface area contributed by atoms with Crippen molar-refractivity contribution in [1.29, 1.82) is 0 Å². The van der Waals surface area contributed by atoms with E-state index in [4.69, 9.17) is 10.3 Å². The van der Waals surface area contributed by atoms with Gasteiger partial charge in [0.25, 0.3) is 5.89 Å². The highest BCUT2D eigenvalue weighted by atomic mass is 127. The minimum absolute atomic E-state index is 0.520. The van der Waals surface area contributed by atoms with Crippen molar-refractivity contribution in [3.05, 3.63) is 51.6 Å². The van der Waals surface area contributed by atoms with Gasteiger partial charge in [-0.3, -0.25) is 0 Å². The van der Waals surface area contributed by atoms with Gasteiger partial charge in [-0.05, 0) is 53.3 Å². The lowest BCUT2D eigenvalue weighted by Gasteiger charge is -2.03. The SMILES string of the molecule is Cc1c(N)cccc1-c1noc(-c2ccccc2I)n1. The molecule has 0 amide bonds. The fourth-order valence-electron chi connectivity index (χ4n) is 1.97. The number of hydrogen-bond acceptors (Lipinski definition) is 4. The summed E-state index contributed by atoms with van der Waals surface area (Å²) >= 11 is 2.25. The zero-order chi connectivity index (χ0) is 14.1. The van der Waals surface area contributed by atoms with Gasteiger partial charge in [0.15, 0.2) is 0 Å². The Balaban J connectivity index is 2.07. The van der Waals surface area contributed by atoms with Gasteiger partial charge in [0.2, 0.25) is 5.82 Å². The first-order valence-electron chi connectivity index (χ1n) is 6.11. The highest BCUT2D eigenvalue weighted by molar-refractivity contribution is 14.1. The third-order valence-electron chi connectivity index (χ3n) is 3.15. The summed E-state index contributed by atoms with van der Waals surface area (Å²) in [5, 5.41) is 4.06. The first-order valence-corrected chi connectivity index (χ1v) is 7.19. The zero-order valence-corrected chi connectivity index (χ0v) is 13.0. The number of rotatable bonds is 2. The molecule has 2 aromatic carbocycles. The number of aromatic nitrogens is 2. The summed E-state index contributed by atoms with van der Waals surface area (Å²) in [6, 6.07) is 13.6. The van der Waals surface area contributed by atoms with Crippen molar-refractivity contribution in [2.24, 2.45) is 0 Å². The maximum atomic E-state index is 5.91. The number of halogens is 1. The van der Waals surface area contributed by atoms with Crippen LogP contribution in [0.5, 0.6) is 0 Å². The largest absolute Gasteiger partial charge is 0.398 e. The van der Waals surface area contributed by atoms with Crippen molar-refractivity contribution >= 4 is 28.3 Å². The summed E-state index contributed by atoms with van der Waals surface area (Å²) in [7, 11) is 0. The molecule has 0 unspecified atom stereocenters. The molecule has 20 heavy (non-hydrogen) atoms. The standard InChI is InChI=1S/C15H12IN3O/c1-9-10(6-4-8-13(9)17)14-18-15(20-19-14)11-5-2-3-7-12(11)16/h2-8H,17H2,1H3. The molecule has 0 radical (unpaired) electrons. The maximum absolute atomic E-state index is 5.91. The van der Waals surface area contributed by atoms with Crippen LogP contribution in [0.25, 0.3) is 22.8 Å². The first-order chi connectivity index (χ1) is 9.66. The third kappa shape index (κ3) is 2.29. The predicted octanol–water partition coefficient (Wildman–Crippen LogP) is 3.90. The molecule has 2 N–H and O–H groups in total. The molecular formula is C15H12IN3O. The average Bonchev–Trinajstić information content (AvgIpc) is 2.92. The van der Waals surface area contributed by atoms with Gasteiger partial charge in [-0.25, -0.2) is 0 Å². The number of nitrogens with zero attached hydrogens (tertiary/aromatic N) is 2. The predicted molar refractivity (Wildman–Crippen MR) is 87.0 cm³/mol. The Morgan fingerprint density at radius 2 is 1.80 bits per heavy atom. The van der Waals surface area contributed by atoms with Crippen molar-refractivity contribution in [2.45, 2.75) is 6.92 Å². The van der Waals surface area contributed by atoms with E-state index < -0.39 is 0 Å². The maximum Gasteiger partial charge on any atom is 0.259 e. The minimum atomic E-state index is 0.520. The molecule has 0 aliphatic carbocycles. The van der Waals surface area contributed by atoms with Gasteiger partial charge in [-0.15, -0.1) is 0 Å². The molecule has 1 heterocycles. The molecule has 1 aromatic heterocycles. The highest BCUT2D eigenvalue weighted by Crippen LogP contribution is 2.28. The summed E-state index contributed by atoms with van der Waals surface area (Å²) in [6.07, 6.45) is 0. The molecule has 0 atom stereocenters. The topological polar surface area (TPSA) is 64.9 Å². The van der Waals surface area contributed by atoms with Gasteiger partial charge >= 0.3 is 0 Å². The Morgan fingerprint density at radius 3 is 2.60 bits per heavy atom. The van der Waals surface area contributed by atoms with Crippen molar-refractivity contribution in [1.82, 2.24) is 10.1 Å². The van der Waals surface area contributed by atoms with Crippen molar-refractivity contribution < 1.29 is 4.52 Å². The second kappa shape index (κ2) is 5.24. The monoisotopic (exact) mass is 377 g/mol. The Labute approximate surface area is 130 Å². The number of anilines is 1. The first kappa shape index (κ1) is 13.1. The molecule has 0 aliphatic heterocycles. The molecule has 100 valence electrons. The Hall–Kier alpha value is -1.89. The quantitative estimate of drug-likeness (QED) is 0.544. The Kier molecular flexibility index (Phi) is 3.43. The van der Waals surface area contributed by atoms with Crippen LogP contribution in [0.3, 0.4) is 0 Å². The van der Waals surface area contributed by atoms with E-state index in [2.05, 4.69) is 32.7 Å². The van der Waals surface area contributed by atoms with E-state index in [9.17, 15) is 0 Å². The summed E-state index contributed by atoms with van der Waals surface area (Å²) in [5.74, 6) is 1.08. The Bertz CT molecular complexity index is 767. The lowest BCUT2D eigenvalue weighted by molar-refractivity contribution is 0.432. The van der Waals surface area contributed by atoms with Crippen LogP contribution in [0.15, 0.2) is 47.0 Å². The fourth-order valence-corrected chi connectivity index (χ4v) is 2.59. The second-order valence-corrected chi connectivity index (χ2v) is 5.58. The summed E-state index contributed by atoms with van der Waals surface area (Å²) in [6.45, 7) is 1.95. The minimum Gasteiger partial charge on any atom is -0.398 e. The van der Waals surface area contributed by atoms with Crippen LogP contribution in [0, 0.1) is 10.5 Å². The molecule has 3 rings (SSSR count). The van der Waals surface area contributed by atoms with Crippen molar-refractivity contribution in [3.63, 3.8) is 0 Å². The van der Waals surface area contributed by atoms with Crippen molar-refractivity contribution in [3.8, 4) is 22.8 Å². The van der Waals surface area contributed by atoms with Gasteiger partial charge in [0.1, 0.15) is 0 Å². The summed E-state index contributed by atoms with van der Waals surface area (Å²) < 4.78 is 6.45. The molecule has 3 aromatic rings. The third-order valence-corrected chi connectivity index (χ3v) is 4.09. The molecule has 4 nitrogen and oxygen atoms in total. The lowest BCUT2D eigenvalue weighted by Crippen LogP contribution is -1.93. The number of nitrogen functional groups attached to an aromatic ring is 1. The summed E-state index contributed by atoms with van der Waals surface area (Å²) in [4.78, 5) is 4.48. The lowest BCUT2D eigenvalue weighted by atomic mass is 10.1. The number of benzene rings is 2. The van der Waals surface area contributed by atoms with E-state index >= 15 is 0 Å². The smallest absolute Gasteiger partial charge is 0.259 e. The van der Waals surface area contributed by atoms with Crippen LogP contribution in [-0.4, -0.2) is 10.1 Å². The molecule has 0 saturated carbocycles. The van der Waals surface area contributed by atoms with E-state index in [1.54, 1.807) is 0 Å². The molecule has 0 fully saturated rings. The van der Waals surface area contributed by atoms with Gasteiger partial charge < -0.3 is 10.3 Å². The van der Waals surface area contributed by atoms with Crippen molar-refractivity contribution in [2.75, 3.05) is 5.73 Å². The molecule has 0 bridgehead atoms. The van der Waals surface area contributed by atoms with Crippen LogP contribution in [0.1, 0.15) is 5.56 Å². The fraction of sp³-hybridized carbons (Fsp3) is 0.0667. The zero-order valence-electron chi connectivity index (χ0n) is 10.8. The summed E-state index contributed by atoms with van der Waals surface area (Å²) in [5.41, 5.74) is 9.43. The second-order valence-electron chi connectivity index (χ2n) is 4.42. The molecule has 0 aliphatic rings. The van der Waals surface area contributed by atoms with Crippen LogP contribution in [0.2, 0.25) is 0 Å². The number of hydrogen-bond donors (Lipinski definition) is 1. The van der Waals surface area contributed by atoms with Crippen LogP contribution >= 0.6 is 22.6 Å². The van der Waals surface area contributed by atoms with E-state index in [1.807, 2.05) is 49.4 Å². The molecule has 5 heteroatoms. The van der Waals surface area contributed by atoms with Gasteiger partial charge in [-0.1, -0.05) is 29.4 Å². The van der Waals surface area contributed by atoms with Crippen LogP contribution in [0.4, 0.5) is 5.69 Å².